The van der Waals surface area contributed by atoms with Crippen LogP contribution in [0.4, 0.5) is 22.0 Å². The maximum atomic E-state index is 11.6. The molecular formula is C15H15ClN4O. The number of carbonyl (C=O) groups is 1. The number of carbonyl (C=O) groups excluding carboxylic acids is 1. The first-order valence-corrected chi connectivity index (χ1v) is 7.13. The number of amides is 2. The van der Waals surface area contributed by atoms with Crippen LogP contribution in [-0.4, -0.2) is 17.1 Å². The average molecular weight is 303 g/mol. The molecule has 1 aliphatic carbocycles. The second-order valence-electron chi connectivity index (χ2n) is 4.91. The van der Waals surface area contributed by atoms with Crippen LogP contribution in [0.1, 0.15) is 12.8 Å². The van der Waals surface area contributed by atoms with E-state index in [2.05, 4.69) is 20.9 Å². The van der Waals surface area contributed by atoms with Crippen molar-refractivity contribution in [3.8, 4) is 0 Å². The molecule has 0 atom stereocenters. The molecule has 1 heterocycles. The third-order valence-corrected chi connectivity index (χ3v) is 3.40. The highest BCUT2D eigenvalue weighted by Gasteiger charge is 2.23. The molecule has 1 saturated carbocycles. The number of hydrogen-bond acceptors (Lipinski definition) is 3. The Hall–Kier alpha value is -2.27. The van der Waals surface area contributed by atoms with Gasteiger partial charge in [-0.2, -0.15) is 0 Å². The molecule has 3 rings (SSSR count). The van der Waals surface area contributed by atoms with Gasteiger partial charge in [-0.25, -0.2) is 9.78 Å². The highest BCUT2D eigenvalue weighted by Crippen LogP contribution is 2.24. The third-order valence-electron chi connectivity index (χ3n) is 3.07. The zero-order valence-electron chi connectivity index (χ0n) is 11.3. The van der Waals surface area contributed by atoms with Crippen LogP contribution in [0.15, 0.2) is 42.6 Å². The first kappa shape index (κ1) is 13.7. The number of hydrogen-bond donors (Lipinski definition) is 3. The molecule has 1 aliphatic rings. The summed E-state index contributed by atoms with van der Waals surface area (Å²) in [5.41, 5.74) is 1.62. The van der Waals surface area contributed by atoms with Crippen molar-refractivity contribution in [2.45, 2.75) is 18.9 Å². The van der Waals surface area contributed by atoms with Crippen molar-refractivity contribution in [1.29, 1.82) is 0 Å². The van der Waals surface area contributed by atoms with Gasteiger partial charge in [-0.1, -0.05) is 23.7 Å². The van der Waals surface area contributed by atoms with Gasteiger partial charge in [0.15, 0.2) is 0 Å². The second kappa shape index (κ2) is 6.01. The zero-order valence-corrected chi connectivity index (χ0v) is 12.0. The Bertz CT molecular complexity index is 640. The van der Waals surface area contributed by atoms with E-state index >= 15 is 0 Å². The Morgan fingerprint density at radius 2 is 2.00 bits per heavy atom. The molecule has 6 heteroatoms. The predicted molar refractivity (Wildman–Crippen MR) is 84.1 cm³/mol. The number of nitrogens with one attached hydrogen (secondary N) is 3. The lowest BCUT2D eigenvalue weighted by atomic mass is 10.3. The monoisotopic (exact) mass is 302 g/mol. The van der Waals surface area contributed by atoms with E-state index in [9.17, 15) is 4.79 Å². The van der Waals surface area contributed by atoms with Crippen molar-refractivity contribution in [3.63, 3.8) is 0 Å². The second-order valence-corrected chi connectivity index (χ2v) is 5.32. The minimum atomic E-state index is -0.211. The van der Waals surface area contributed by atoms with E-state index in [1.807, 2.05) is 30.3 Å². The fourth-order valence-corrected chi connectivity index (χ4v) is 2.01. The molecule has 1 aromatic heterocycles. The molecule has 0 saturated heterocycles. The summed E-state index contributed by atoms with van der Waals surface area (Å²) in [5, 5.41) is 9.36. The van der Waals surface area contributed by atoms with Crippen molar-refractivity contribution in [2.24, 2.45) is 0 Å². The molecule has 0 aliphatic heterocycles. The van der Waals surface area contributed by atoms with Gasteiger partial charge in [-0.05, 0) is 37.1 Å². The fourth-order valence-electron chi connectivity index (χ4n) is 1.83. The van der Waals surface area contributed by atoms with Crippen molar-refractivity contribution in [1.82, 2.24) is 10.3 Å². The third kappa shape index (κ3) is 3.86. The van der Waals surface area contributed by atoms with E-state index in [0.717, 1.165) is 24.2 Å². The highest BCUT2D eigenvalue weighted by atomic mass is 35.5. The molecule has 1 aromatic carbocycles. The largest absolute Gasteiger partial charge is 0.353 e. The Morgan fingerprint density at radius 1 is 1.19 bits per heavy atom. The number of para-hydroxylation sites is 1. The Morgan fingerprint density at radius 3 is 2.67 bits per heavy atom. The number of benzene rings is 1. The summed E-state index contributed by atoms with van der Waals surface area (Å²) in [6, 6.07) is 11.2. The van der Waals surface area contributed by atoms with E-state index in [-0.39, 0.29) is 6.03 Å². The van der Waals surface area contributed by atoms with Crippen molar-refractivity contribution in [3.05, 3.63) is 47.6 Å². The standard InChI is InChI=1S/C15H15ClN4O/c16-12-3-1-2-4-13(12)18-11-7-8-14(17-9-11)20-15(21)19-10-5-6-10/h1-4,7-10,18H,5-6H2,(H2,17,19,20,21). The molecule has 0 spiro atoms. The first-order valence-electron chi connectivity index (χ1n) is 6.76. The number of halogens is 1. The predicted octanol–water partition coefficient (Wildman–Crippen LogP) is 3.76. The minimum absolute atomic E-state index is 0.211. The molecular weight excluding hydrogens is 288 g/mol. The summed E-state index contributed by atoms with van der Waals surface area (Å²) in [6.45, 7) is 0. The van der Waals surface area contributed by atoms with E-state index < -0.39 is 0 Å². The van der Waals surface area contributed by atoms with Crippen LogP contribution in [0.2, 0.25) is 5.02 Å². The number of anilines is 3. The molecule has 0 unspecified atom stereocenters. The van der Waals surface area contributed by atoms with Crippen LogP contribution in [0.5, 0.6) is 0 Å². The van der Waals surface area contributed by atoms with Gasteiger partial charge in [-0.15, -0.1) is 0 Å². The number of rotatable bonds is 4. The van der Waals surface area contributed by atoms with Crippen LogP contribution >= 0.6 is 11.6 Å². The minimum Gasteiger partial charge on any atom is -0.353 e. The van der Waals surface area contributed by atoms with Gasteiger partial charge in [0.2, 0.25) is 0 Å². The lowest BCUT2D eigenvalue weighted by molar-refractivity contribution is 0.251. The molecule has 0 radical (unpaired) electrons. The quantitative estimate of drug-likeness (QED) is 0.805. The molecule has 21 heavy (non-hydrogen) atoms. The zero-order chi connectivity index (χ0) is 14.7. The van der Waals surface area contributed by atoms with E-state index in [0.29, 0.717) is 16.9 Å². The van der Waals surface area contributed by atoms with Crippen molar-refractivity contribution < 1.29 is 4.79 Å². The van der Waals surface area contributed by atoms with E-state index in [1.165, 1.54) is 0 Å². The summed E-state index contributed by atoms with van der Waals surface area (Å²) < 4.78 is 0. The van der Waals surface area contributed by atoms with Crippen LogP contribution < -0.4 is 16.0 Å². The smallest absolute Gasteiger partial charge is 0.320 e. The van der Waals surface area contributed by atoms with E-state index in [4.69, 9.17) is 11.6 Å². The molecule has 5 nitrogen and oxygen atoms in total. The topological polar surface area (TPSA) is 66.0 Å². The lowest BCUT2D eigenvalue weighted by Gasteiger charge is -2.09. The van der Waals surface area contributed by atoms with Crippen LogP contribution in [0, 0.1) is 0 Å². The molecule has 0 bridgehead atoms. The molecule has 2 aromatic rings. The van der Waals surface area contributed by atoms with E-state index in [1.54, 1.807) is 12.3 Å². The number of pyridine rings is 1. The Balaban J connectivity index is 1.61. The van der Waals surface area contributed by atoms with Gasteiger partial charge in [0.25, 0.3) is 0 Å². The van der Waals surface area contributed by atoms with Gasteiger partial charge < -0.3 is 10.6 Å². The highest BCUT2D eigenvalue weighted by molar-refractivity contribution is 6.33. The lowest BCUT2D eigenvalue weighted by Crippen LogP contribution is -2.30. The van der Waals surface area contributed by atoms with Crippen LogP contribution in [-0.2, 0) is 0 Å². The molecule has 2 amide bonds. The SMILES string of the molecule is O=C(Nc1ccc(Nc2ccccc2Cl)cn1)NC1CC1. The molecule has 1 fully saturated rings. The van der Waals surface area contributed by atoms with Gasteiger partial charge >= 0.3 is 6.03 Å². The fraction of sp³-hybridized carbons (Fsp3) is 0.200. The number of aromatic nitrogens is 1. The van der Waals surface area contributed by atoms with Gasteiger partial charge in [0.1, 0.15) is 5.82 Å². The summed E-state index contributed by atoms with van der Waals surface area (Å²) in [7, 11) is 0. The van der Waals surface area contributed by atoms with Crippen LogP contribution in [0.25, 0.3) is 0 Å². The van der Waals surface area contributed by atoms with Crippen molar-refractivity contribution in [2.75, 3.05) is 10.6 Å². The Labute approximate surface area is 127 Å². The maximum absolute atomic E-state index is 11.6. The normalized spacial score (nSPS) is 13.6. The first-order chi connectivity index (χ1) is 10.2. The van der Waals surface area contributed by atoms with Gasteiger partial charge in [0.05, 0.1) is 22.6 Å². The maximum Gasteiger partial charge on any atom is 0.320 e. The summed E-state index contributed by atoms with van der Waals surface area (Å²) in [5.74, 6) is 0.512. The van der Waals surface area contributed by atoms with Crippen molar-refractivity contribution >= 4 is 34.8 Å². The average Bonchev–Trinajstić information content (AvgIpc) is 3.27. The molecule has 3 N–H and O–H groups in total. The number of nitrogens with zero attached hydrogens (tertiary/aromatic N) is 1. The van der Waals surface area contributed by atoms with Crippen LogP contribution in [0.3, 0.4) is 0 Å². The van der Waals surface area contributed by atoms with Gasteiger partial charge in [-0.3, -0.25) is 5.32 Å². The number of urea groups is 1. The molecule has 108 valence electrons. The summed E-state index contributed by atoms with van der Waals surface area (Å²) >= 11 is 6.08. The van der Waals surface area contributed by atoms with Gasteiger partial charge in [0, 0.05) is 6.04 Å². The summed E-state index contributed by atoms with van der Waals surface area (Å²) in [4.78, 5) is 15.8. The Kier molecular flexibility index (Phi) is 3.92. The summed E-state index contributed by atoms with van der Waals surface area (Å²) in [6.07, 6.45) is 3.76.